The lowest BCUT2D eigenvalue weighted by Crippen LogP contribution is -2.19. The molecule has 0 aliphatic carbocycles. The SMILES string of the molecule is C=CCn1cnc2c(c1=O)c1nc3ccccc3nc1n2/N=C\c1cccc(Cl)c1. The van der Waals surface area contributed by atoms with Crippen LogP contribution in [0.2, 0.25) is 5.02 Å². The predicted molar refractivity (Wildman–Crippen MR) is 119 cm³/mol. The fourth-order valence-electron chi connectivity index (χ4n) is 3.34. The molecule has 0 N–H and O–H groups in total. The lowest BCUT2D eigenvalue weighted by molar-refractivity contribution is 0.763. The normalized spacial score (nSPS) is 11.8. The van der Waals surface area contributed by atoms with E-state index in [9.17, 15) is 4.79 Å². The van der Waals surface area contributed by atoms with Gasteiger partial charge >= 0.3 is 0 Å². The minimum absolute atomic E-state index is 0.216. The Bertz CT molecular complexity index is 1530. The van der Waals surface area contributed by atoms with Crippen LogP contribution in [0.15, 0.2) is 77.4 Å². The highest BCUT2D eigenvalue weighted by Gasteiger charge is 2.19. The van der Waals surface area contributed by atoms with E-state index in [1.807, 2.05) is 36.4 Å². The Labute approximate surface area is 175 Å². The maximum absolute atomic E-state index is 13.1. The number of halogens is 1. The van der Waals surface area contributed by atoms with Gasteiger partial charge in [-0.25, -0.2) is 15.0 Å². The summed E-state index contributed by atoms with van der Waals surface area (Å²) in [6.07, 6.45) is 4.78. The molecule has 146 valence electrons. The zero-order chi connectivity index (χ0) is 20.7. The molecular weight excluding hydrogens is 400 g/mol. The average molecular weight is 415 g/mol. The van der Waals surface area contributed by atoms with Gasteiger partial charge in [0.15, 0.2) is 11.3 Å². The average Bonchev–Trinajstić information content (AvgIpc) is 3.06. The predicted octanol–water partition coefficient (Wildman–Crippen LogP) is 4.02. The van der Waals surface area contributed by atoms with E-state index >= 15 is 0 Å². The van der Waals surface area contributed by atoms with Crippen LogP contribution in [0.5, 0.6) is 0 Å². The molecule has 8 heteroatoms. The Hall–Kier alpha value is -3.84. The first-order valence-electron chi connectivity index (χ1n) is 9.23. The molecule has 0 atom stereocenters. The molecule has 5 aromatic rings. The van der Waals surface area contributed by atoms with E-state index < -0.39 is 0 Å². The molecule has 3 heterocycles. The molecule has 3 aromatic heterocycles. The quantitative estimate of drug-likeness (QED) is 0.329. The van der Waals surface area contributed by atoms with Gasteiger partial charge in [0.2, 0.25) is 0 Å². The van der Waals surface area contributed by atoms with E-state index in [0.29, 0.717) is 44.8 Å². The second-order valence-electron chi connectivity index (χ2n) is 6.69. The Morgan fingerprint density at radius 3 is 2.63 bits per heavy atom. The van der Waals surface area contributed by atoms with Crippen LogP contribution in [0, 0.1) is 0 Å². The number of aromatic nitrogens is 5. The van der Waals surface area contributed by atoms with Crippen LogP contribution in [-0.2, 0) is 6.54 Å². The summed E-state index contributed by atoms with van der Waals surface area (Å²) >= 11 is 6.07. The first kappa shape index (κ1) is 18.2. The van der Waals surface area contributed by atoms with Crippen LogP contribution >= 0.6 is 11.6 Å². The minimum Gasteiger partial charge on any atom is -0.295 e. The lowest BCUT2D eigenvalue weighted by atomic mass is 10.2. The fourth-order valence-corrected chi connectivity index (χ4v) is 3.54. The van der Waals surface area contributed by atoms with Gasteiger partial charge < -0.3 is 0 Å². The Morgan fingerprint density at radius 2 is 1.87 bits per heavy atom. The van der Waals surface area contributed by atoms with Crippen molar-refractivity contribution in [3.8, 4) is 0 Å². The van der Waals surface area contributed by atoms with Crippen molar-refractivity contribution in [2.75, 3.05) is 0 Å². The Balaban J connectivity index is 1.85. The maximum Gasteiger partial charge on any atom is 0.265 e. The summed E-state index contributed by atoms with van der Waals surface area (Å²) in [6, 6.07) is 14.8. The second-order valence-corrected chi connectivity index (χ2v) is 7.12. The molecule has 30 heavy (non-hydrogen) atoms. The molecule has 0 aliphatic rings. The first-order chi connectivity index (χ1) is 14.7. The molecule has 0 saturated heterocycles. The molecule has 0 saturated carbocycles. The summed E-state index contributed by atoms with van der Waals surface area (Å²) in [7, 11) is 0. The van der Waals surface area contributed by atoms with Gasteiger partial charge in [-0.15, -0.1) is 6.58 Å². The van der Waals surface area contributed by atoms with Crippen LogP contribution in [-0.4, -0.2) is 30.4 Å². The number of benzene rings is 2. The van der Waals surface area contributed by atoms with Gasteiger partial charge in [0.1, 0.15) is 17.2 Å². The van der Waals surface area contributed by atoms with Crippen molar-refractivity contribution >= 4 is 51.0 Å². The number of para-hydroxylation sites is 2. The van der Waals surface area contributed by atoms with Crippen LogP contribution in [0.1, 0.15) is 5.56 Å². The molecule has 7 nitrogen and oxygen atoms in total. The molecule has 0 bridgehead atoms. The van der Waals surface area contributed by atoms with Gasteiger partial charge in [-0.2, -0.15) is 9.78 Å². The lowest BCUT2D eigenvalue weighted by Gasteiger charge is -2.01. The number of rotatable bonds is 4. The number of allylic oxidation sites excluding steroid dienone is 1. The van der Waals surface area contributed by atoms with Crippen LogP contribution in [0.3, 0.4) is 0 Å². The fraction of sp³-hybridized carbons (Fsp3) is 0.0455. The van der Waals surface area contributed by atoms with Gasteiger partial charge in [0.05, 0.1) is 17.2 Å². The third-order valence-corrected chi connectivity index (χ3v) is 4.94. The molecule has 0 aliphatic heterocycles. The molecule has 0 radical (unpaired) electrons. The summed E-state index contributed by atoms with van der Waals surface area (Å²) in [4.78, 5) is 27.0. The smallest absolute Gasteiger partial charge is 0.265 e. The molecule has 0 spiro atoms. The second kappa shape index (κ2) is 7.20. The van der Waals surface area contributed by atoms with E-state index in [4.69, 9.17) is 21.6 Å². The van der Waals surface area contributed by atoms with Crippen molar-refractivity contribution < 1.29 is 0 Å². The van der Waals surface area contributed by atoms with Crippen molar-refractivity contribution in [1.29, 1.82) is 0 Å². The van der Waals surface area contributed by atoms with E-state index in [1.54, 1.807) is 29.1 Å². The zero-order valence-corrected chi connectivity index (χ0v) is 16.5. The van der Waals surface area contributed by atoms with Gasteiger partial charge in [0, 0.05) is 11.6 Å². The molecule has 0 amide bonds. The topological polar surface area (TPSA) is 78.0 Å². The van der Waals surface area contributed by atoms with E-state index in [-0.39, 0.29) is 5.56 Å². The van der Waals surface area contributed by atoms with Crippen molar-refractivity contribution in [1.82, 2.24) is 24.2 Å². The summed E-state index contributed by atoms with van der Waals surface area (Å²) < 4.78 is 3.03. The monoisotopic (exact) mass is 414 g/mol. The van der Waals surface area contributed by atoms with E-state index in [2.05, 4.69) is 16.7 Å². The maximum atomic E-state index is 13.1. The number of hydrogen-bond acceptors (Lipinski definition) is 5. The highest BCUT2D eigenvalue weighted by Crippen LogP contribution is 2.24. The van der Waals surface area contributed by atoms with Crippen molar-refractivity contribution in [3.63, 3.8) is 0 Å². The number of nitrogens with zero attached hydrogens (tertiary/aromatic N) is 6. The molecule has 0 fully saturated rings. The number of hydrogen-bond donors (Lipinski definition) is 0. The van der Waals surface area contributed by atoms with E-state index in [0.717, 1.165) is 5.56 Å². The van der Waals surface area contributed by atoms with Crippen LogP contribution in [0.25, 0.3) is 33.2 Å². The van der Waals surface area contributed by atoms with Crippen molar-refractivity contribution in [2.24, 2.45) is 5.10 Å². The summed E-state index contributed by atoms with van der Waals surface area (Å²) in [6.45, 7) is 4.05. The summed E-state index contributed by atoms with van der Waals surface area (Å²) in [5, 5.41) is 5.54. The van der Waals surface area contributed by atoms with Gasteiger partial charge in [-0.05, 0) is 29.8 Å². The van der Waals surface area contributed by atoms with Crippen molar-refractivity contribution in [3.05, 3.63) is 88.5 Å². The molecular formula is C22H15ClN6O. The highest BCUT2D eigenvalue weighted by atomic mass is 35.5. The van der Waals surface area contributed by atoms with Crippen molar-refractivity contribution in [2.45, 2.75) is 6.54 Å². The van der Waals surface area contributed by atoms with Gasteiger partial charge in [-0.1, -0.05) is 41.9 Å². The van der Waals surface area contributed by atoms with Gasteiger partial charge in [-0.3, -0.25) is 9.36 Å². The summed E-state index contributed by atoms with van der Waals surface area (Å²) in [5.41, 5.74) is 3.31. The van der Waals surface area contributed by atoms with E-state index in [1.165, 1.54) is 10.9 Å². The highest BCUT2D eigenvalue weighted by molar-refractivity contribution is 6.30. The summed E-state index contributed by atoms with van der Waals surface area (Å²) in [5.74, 6) is 0. The molecule has 2 aromatic carbocycles. The standard InChI is InChI=1S/C22H15ClN6O/c1-2-10-28-13-24-20-18(22(28)30)19-21(27-17-9-4-3-8-16(17)26-19)29(20)25-12-14-6-5-7-15(23)11-14/h2-9,11-13H,1,10H2/b25-12-. The first-order valence-corrected chi connectivity index (χ1v) is 9.60. The Kier molecular flexibility index (Phi) is 4.37. The van der Waals surface area contributed by atoms with Crippen LogP contribution < -0.4 is 5.56 Å². The Morgan fingerprint density at radius 1 is 1.07 bits per heavy atom. The van der Waals surface area contributed by atoms with Crippen LogP contribution in [0.4, 0.5) is 0 Å². The third kappa shape index (κ3) is 2.96. The molecule has 5 rings (SSSR count). The minimum atomic E-state index is -0.216. The number of fused-ring (bicyclic) bond motifs is 4. The van der Waals surface area contributed by atoms with Gasteiger partial charge in [0.25, 0.3) is 5.56 Å². The largest absolute Gasteiger partial charge is 0.295 e. The molecule has 0 unspecified atom stereocenters. The third-order valence-electron chi connectivity index (χ3n) is 4.70. The zero-order valence-electron chi connectivity index (χ0n) is 15.7.